The lowest BCUT2D eigenvalue weighted by molar-refractivity contribution is 0.183. The first kappa shape index (κ1) is 22.8. The lowest BCUT2D eigenvalue weighted by atomic mass is 9.98. The van der Waals surface area contributed by atoms with Crippen LogP contribution in [-0.2, 0) is 6.42 Å². The molecule has 3 aromatic carbocycles. The first-order valence-electron chi connectivity index (χ1n) is 12.0. The molecule has 4 aromatic rings. The van der Waals surface area contributed by atoms with Gasteiger partial charge in [-0.2, -0.15) is 0 Å². The maximum atomic E-state index is 6.34. The van der Waals surface area contributed by atoms with Gasteiger partial charge in [-0.15, -0.1) is 0 Å². The van der Waals surface area contributed by atoms with Gasteiger partial charge in [-0.1, -0.05) is 42.3 Å². The molecule has 1 aliphatic heterocycles. The number of piperidine rings is 1. The van der Waals surface area contributed by atoms with Gasteiger partial charge in [-0.05, 0) is 73.5 Å². The second-order valence-electron chi connectivity index (χ2n) is 8.84. The number of hydrogen-bond donors (Lipinski definition) is 0. The minimum Gasteiger partial charge on any atom is -0.497 e. The number of fused-ring (bicyclic) bond motifs is 1. The lowest BCUT2D eigenvalue weighted by Crippen LogP contribution is -2.33. The zero-order valence-electron chi connectivity index (χ0n) is 19.6. The quantitative estimate of drug-likeness (QED) is 0.269. The van der Waals surface area contributed by atoms with Crippen molar-refractivity contribution in [2.24, 2.45) is 0 Å². The van der Waals surface area contributed by atoms with E-state index >= 15 is 0 Å². The summed E-state index contributed by atoms with van der Waals surface area (Å²) in [6, 6.07) is 22.3. The number of halogens is 1. The Bertz CT molecular complexity index is 1220. The van der Waals surface area contributed by atoms with E-state index in [-0.39, 0.29) is 0 Å². The van der Waals surface area contributed by atoms with Gasteiger partial charge in [0.25, 0.3) is 0 Å². The van der Waals surface area contributed by atoms with Crippen molar-refractivity contribution in [1.29, 1.82) is 0 Å². The van der Waals surface area contributed by atoms with E-state index < -0.39 is 0 Å². The van der Waals surface area contributed by atoms with Crippen LogP contribution in [0.2, 0.25) is 5.02 Å². The van der Waals surface area contributed by atoms with E-state index in [0.29, 0.717) is 6.42 Å². The third-order valence-corrected chi connectivity index (χ3v) is 6.77. The fraction of sp³-hybridized carbons (Fsp3) is 0.310. The third-order valence-electron chi connectivity index (χ3n) is 6.52. The highest BCUT2D eigenvalue weighted by atomic mass is 35.5. The van der Waals surface area contributed by atoms with Crippen LogP contribution >= 0.6 is 11.6 Å². The van der Waals surface area contributed by atoms with Crippen molar-refractivity contribution in [2.45, 2.75) is 25.7 Å². The first-order valence-corrected chi connectivity index (χ1v) is 12.4. The number of rotatable bonds is 8. The van der Waals surface area contributed by atoms with E-state index in [0.717, 1.165) is 63.1 Å². The third kappa shape index (κ3) is 5.24. The number of likely N-dealkylation sites (tertiary alicyclic amines) is 1. The molecular formula is C29H30ClNO3. The van der Waals surface area contributed by atoms with Crippen LogP contribution in [-0.4, -0.2) is 38.3 Å². The predicted molar refractivity (Wildman–Crippen MR) is 138 cm³/mol. The molecule has 1 aliphatic rings. The number of ether oxygens (including phenoxy) is 2. The Labute approximate surface area is 206 Å². The fourth-order valence-electron chi connectivity index (χ4n) is 4.68. The Morgan fingerprint density at radius 3 is 2.35 bits per heavy atom. The molecule has 2 heterocycles. The summed E-state index contributed by atoms with van der Waals surface area (Å²) in [6.07, 6.45) is 4.64. The van der Waals surface area contributed by atoms with Gasteiger partial charge in [0, 0.05) is 35.0 Å². The Balaban J connectivity index is 1.39. The average Bonchev–Trinajstić information content (AvgIpc) is 3.23. The summed E-state index contributed by atoms with van der Waals surface area (Å²) in [7, 11) is 1.67. The van der Waals surface area contributed by atoms with Crippen LogP contribution in [0.5, 0.6) is 11.5 Å². The van der Waals surface area contributed by atoms with Crippen molar-refractivity contribution in [1.82, 2.24) is 4.90 Å². The minimum absolute atomic E-state index is 0.678. The van der Waals surface area contributed by atoms with Gasteiger partial charge in [0.15, 0.2) is 0 Å². The van der Waals surface area contributed by atoms with Gasteiger partial charge >= 0.3 is 0 Å². The first-order chi connectivity index (χ1) is 16.7. The van der Waals surface area contributed by atoms with Crippen LogP contribution in [0.3, 0.4) is 0 Å². The van der Waals surface area contributed by atoms with Crippen LogP contribution in [0.25, 0.3) is 22.1 Å². The zero-order chi connectivity index (χ0) is 23.3. The van der Waals surface area contributed by atoms with Crippen molar-refractivity contribution >= 4 is 22.6 Å². The van der Waals surface area contributed by atoms with Gasteiger partial charge in [-0.25, -0.2) is 0 Å². The normalized spacial score (nSPS) is 14.4. The molecule has 0 aliphatic carbocycles. The maximum absolute atomic E-state index is 6.34. The van der Waals surface area contributed by atoms with Gasteiger partial charge < -0.3 is 13.9 Å². The van der Waals surface area contributed by atoms with E-state index in [1.807, 2.05) is 36.4 Å². The van der Waals surface area contributed by atoms with Crippen LogP contribution in [0, 0.1) is 0 Å². The van der Waals surface area contributed by atoms with E-state index in [1.54, 1.807) is 7.11 Å². The summed E-state index contributed by atoms with van der Waals surface area (Å²) in [4.78, 5) is 2.49. The molecular weight excluding hydrogens is 446 g/mol. The van der Waals surface area contributed by atoms with E-state index in [2.05, 4.69) is 35.2 Å². The fourth-order valence-corrected chi connectivity index (χ4v) is 4.80. The second kappa shape index (κ2) is 10.5. The minimum atomic E-state index is 0.678. The number of furan rings is 1. The molecule has 0 unspecified atom stereocenters. The average molecular weight is 476 g/mol. The lowest BCUT2D eigenvalue weighted by Gasteiger charge is -2.26. The molecule has 5 heteroatoms. The maximum Gasteiger partial charge on any atom is 0.138 e. The molecule has 0 atom stereocenters. The topological polar surface area (TPSA) is 34.8 Å². The molecule has 0 saturated carbocycles. The SMILES string of the molecule is COc1ccc2c(-c3ccc(OCCN4CCCCC4)cc3)c(Cc3ccc(Cl)cc3)oc2c1. The molecule has 1 saturated heterocycles. The number of benzene rings is 3. The summed E-state index contributed by atoms with van der Waals surface area (Å²) in [5.74, 6) is 2.60. The second-order valence-corrected chi connectivity index (χ2v) is 9.28. The zero-order valence-corrected chi connectivity index (χ0v) is 20.3. The Morgan fingerprint density at radius 2 is 1.62 bits per heavy atom. The highest BCUT2D eigenvalue weighted by molar-refractivity contribution is 6.30. The molecule has 0 N–H and O–H groups in total. The molecule has 0 spiro atoms. The van der Waals surface area contributed by atoms with Gasteiger partial charge in [0.05, 0.1) is 7.11 Å². The Kier molecular flexibility index (Phi) is 7.08. The van der Waals surface area contributed by atoms with Crippen LogP contribution < -0.4 is 9.47 Å². The predicted octanol–water partition coefficient (Wildman–Crippen LogP) is 7.22. The van der Waals surface area contributed by atoms with Crippen LogP contribution in [0.4, 0.5) is 0 Å². The van der Waals surface area contributed by atoms with Crippen LogP contribution in [0.15, 0.2) is 71.1 Å². The van der Waals surface area contributed by atoms with Gasteiger partial charge in [0.1, 0.15) is 29.4 Å². The van der Waals surface area contributed by atoms with Crippen LogP contribution in [0.1, 0.15) is 30.6 Å². The standard InChI is InChI=1S/C29H30ClNO3/c1-32-25-13-14-26-27(20-25)34-28(19-21-5-9-23(30)10-6-21)29(26)22-7-11-24(12-8-22)33-18-17-31-15-3-2-4-16-31/h5-14,20H,2-4,15-19H2,1H3. The Morgan fingerprint density at radius 1 is 0.882 bits per heavy atom. The van der Waals surface area contributed by atoms with Crippen molar-refractivity contribution < 1.29 is 13.9 Å². The number of methoxy groups -OCH3 is 1. The Hall–Kier alpha value is -2.95. The smallest absolute Gasteiger partial charge is 0.138 e. The van der Waals surface area contributed by atoms with Crippen molar-refractivity contribution in [3.8, 4) is 22.6 Å². The number of hydrogen-bond acceptors (Lipinski definition) is 4. The summed E-state index contributed by atoms with van der Waals surface area (Å²) < 4.78 is 17.8. The summed E-state index contributed by atoms with van der Waals surface area (Å²) in [5, 5.41) is 1.80. The van der Waals surface area contributed by atoms with Gasteiger partial charge in [0.2, 0.25) is 0 Å². The summed E-state index contributed by atoms with van der Waals surface area (Å²) >= 11 is 6.08. The van der Waals surface area contributed by atoms with Crippen molar-refractivity contribution in [3.05, 3.63) is 83.1 Å². The van der Waals surface area contributed by atoms with Gasteiger partial charge in [-0.3, -0.25) is 4.90 Å². The van der Waals surface area contributed by atoms with Crippen molar-refractivity contribution in [3.63, 3.8) is 0 Å². The molecule has 0 amide bonds. The molecule has 34 heavy (non-hydrogen) atoms. The van der Waals surface area contributed by atoms with E-state index in [1.165, 1.54) is 32.4 Å². The van der Waals surface area contributed by atoms with E-state index in [9.17, 15) is 0 Å². The number of nitrogens with zero attached hydrogens (tertiary/aromatic N) is 1. The molecule has 0 radical (unpaired) electrons. The molecule has 1 fully saturated rings. The highest BCUT2D eigenvalue weighted by Crippen LogP contribution is 2.38. The molecule has 5 rings (SSSR count). The van der Waals surface area contributed by atoms with Crippen molar-refractivity contribution in [2.75, 3.05) is 33.4 Å². The molecule has 4 nitrogen and oxygen atoms in total. The summed E-state index contributed by atoms with van der Waals surface area (Å²) in [5.41, 5.74) is 4.18. The monoisotopic (exact) mass is 475 g/mol. The molecule has 176 valence electrons. The highest BCUT2D eigenvalue weighted by Gasteiger charge is 2.17. The summed E-state index contributed by atoms with van der Waals surface area (Å²) in [6.45, 7) is 4.09. The van der Waals surface area contributed by atoms with E-state index in [4.69, 9.17) is 25.5 Å². The largest absolute Gasteiger partial charge is 0.497 e. The molecule has 0 bridgehead atoms. The molecule has 1 aromatic heterocycles.